The number of hydrogen-bond donors (Lipinski definition) is 1. The summed E-state index contributed by atoms with van der Waals surface area (Å²) in [6.45, 7) is 4.62. The summed E-state index contributed by atoms with van der Waals surface area (Å²) in [5.74, 6) is 0.207. The van der Waals surface area contributed by atoms with Gasteiger partial charge in [0.05, 0.1) is 30.3 Å². The van der Waals surface area contributed by atoms with Crippen LogP contribution < -0.4 is 4.74 Å². The molecule has 200 valence electrons. The molecular weight excluding hydrogens is 490 g/mol. The van der Waals surface area contributed by atoms with Crippen molar-refractivity contribution >= 4 is 22.7 Å². The number of carboxylic acids is 1. The molecule has 2 saturated carbocycles. The number of carbonyl (C=O) groups excluding carboxylic acids is 1. The van der Waals surface area contributed by atoms with Crippen LogP contribution in [0.1, 0.15) is 67.9 Å². The van der Waals surface area contributed by atoms with E-state index in [9.17, 15) is 14.7 Å². The van der Waals surface area contributed by atoms with Crippen LogP contribution in [-0.2, 0) is 4.79 Å². The van der Waals surface area contributed by atoms with E-state index < -0.39 is 5.97 Å². The summed E-state index contributed by atoms with van der Waals surface area (Å²) >= 11 is 0. The normalized spacial score (nSPS) is 22.7. The van der Waals surface area contributed by atoms with E-state index in [0.29, 0.717) is 30.4 Å². The highest BCUT2D eigenvalue weighted by Gasteiger charge is 2.54. The lowest BCUT2D eigenvalue weighted by Gasteiger charge is -2.56. The fraction of sp³-hybridized carbons (Fsp3) is 0.375. The molecule has 2 aromatic carbocycles. The lowest BCUT2D eigenvalue weighted by Crippen LogP contribution is -2.50. The first kappa shape index (κ1) is 25.3. The van der Waals surface area contributed by atoms with Crippen LogP contribution in [-0.4, -0.2) is 38.2 Å². The van der Waals surface area contributed by atoms with Crippen molar-refractivity contribution in [3.05, 3.63) is 78.1 Å². The molecule has 4 aromatic rings. The van der Waals surface area contributed by atoms with E-state index in [1.807, 2.05) is 48.1 Å². The maximum absolute atomic E-state index is 13.5. The van der Waals surface area contributed by atoms with E-state index in [0.717, 1.165) is 53.3 Å². The molecule has 0 bridgehead atoms. The van der Waals surface area contributed by atoms with Gasteiger partial charge in [-0.3, -0.25) is 14.3 Å². The van der Waals surface area contributed by atoms with Crippen LogP contribution >= 0.6 is 0 Å². The van der Waals surface area contributed by atoms with E-state index in [2.05, 4.69) is 36.2 Å². The van der Waals surface area contributed by atoms with Gasteiger partial charge in [0.2, 0.25) is 5.88 Å². The van der Waals surface area contributed by atoms with Gasteiger partial charge >= 0.3 is 5.97 Å². The number of ether oxygens (including phenoxy) is 1. The number of hydrogen-bond acceptors (Lipinski definition) is 5. The molecule has 39 heavy (non-hydrogen) atoms. The zero-order valence-electron chi connectivity index (χ0n) is 22.3. The smallest absolute Gasteiger partial charge is 0.306 e. The van der Waals surface area contributed by atoms with Crippen molar-refractivity contribution in [1.82, 2.24) is 14.8 Å². The lowest BCUT2D eigenvalue weighted by molar-refractivity contribution is -0.157. The van der Waals surface area contributed by atoms with Crippen LogP contribution in [0.4, 0.5) is 0 Å². The van der Waals surface area contributed by atoms with Crippen molar-refractivity contribution in [2.75, 3.05) is 6.61 Å². The van der Waals surface area contributed by atoms with Gasteiger partial charge in [-0.15, -0.1) is 0 Å². The summed E-state index contributed by atoms with van der Waals surface area (Å²) in [5, 5.41) is 14.9. The van der Waals surface area contributed by atoms with E-state index in [4.69, 9.17) is 9.84 Å². The van der Waals surface area contributed by atoms with Crippen LogP contribution in [0.5, 0.6) is 5.88 Å². The molecule has 2 heterocycles. The highest BCUT2D eigenvalue weighted by Crippen LogP contribution is 2.62. The number of fused-ring (bicyclic) bond motifs is 1. The van der Waals surface area contributed by atoms with Gasteiger partial charge < -0.3 is 9.84 Å². The van der Waals surface area contributed by atoms with Crippen molar-refractivity contribution in [3.63, 3.8) is 0 Å². The quantitative estimate of drug-likeness (QED) is 0.249. The number of rotatable bonds is 9. The molecule has 1 N–H and O–H groups in total. The Morgan fingerprint density at radius 2 is 1.85 bits per heavy atom. The number of Topliss-reactive ketones (excluding diaryl/α,β-unsaturated/α-hetero) is 1. The topological polar surface area (TPSA) is 94.3 Å². The molecule has 0 saturated heterocycles. The van der Waals surface area contributed by atoms with Crippen LogP contribution in [0.25, 0.3) is 22.0 Å². The molecule has 0 aliphatic heterocycles. The minimum absolute atomic E-state index is 0.0585. The maximum atomic E-state index is 13.5. The van der Waals surface area contributed by atoms with Gasteiger partial charge in [0, 0.05) is 29.6 Å². The standard InChI is InChI=1S/C32H33N3O4/c1-3-39-29-14-24(11-12-33-29)23-9-7-22(8-10-23)20(2)35-30-25(19-34-35)5-4-6-27(30)28(36)13-21-15-32(16-21)17-26(18-32)31(37)38/h4-12,14,19-21,26H,3,13,15-18H2,1-2H3,(H,37,38). The van der Waals surface area contributed by atoms with Crippen LogP contribution in [0, 0.1) is 17.3 Å². The Morgan fingerprint density at radius 3 is 2.56 bits per heavy atom. The molecule has 7 nitrogen and oxygen atoms in total. The Balaban J connectivity index is 1.19. The van der Waals surface area contributed by atoms with Gasteiger partial charge in [-0.05, 0) is 79.7 Å². The average molecular weight is 524 g/mol. The molecule has 0 radical (unpaired) electrons. The number of benzene rings is 2. The van der Waals surface area contributed by atoms with Crippen molar-refractivity contribution in [2.24, 2.45) is 17.3 Å². The lowest BCUT2D eigenvalue weighted by atomic mass is 9.47. The zero-order chi connectivity index (χ0) is 27.1. The Morgan fingerprint density at radius 1 is 1.08 bits per heavy atom. The largest absolute Gasteiger partial charge is 0.481 e. The molecular formula is C32H33N3O4. The summed E-state index contributed by atoms with van der Waals surface area (Å²) in [7, 11) is 0. The van der Waals surface area contributed by atoms with Crippen molar-refractivity contribution in [1.29, 1.82) is 0 Å². The number of carboxylic acid groups (broad SMARTS) is 1. The Hall–Kier alpha value is -4.00. The van der Waals surface area contributed by atoms with E-state index >= 15 is 0 Å². The minimum Gasteiger partial charge on any atom is -0.481 e. The third kappa shape index (κ3) is 4.71. The summed E-state index contributed by atoms with van der Waals surface area (Å²) in [6, 6.07) is 18.1. The first-order chi connectivity index (χ1) is 18.9. The second-order valence-electron chi connectivity index (χ2n) is 11.3. The SMILES string of the molecule is CCOc1cc(-c2ccc(C(C)n3ncc4cccc(C(=O)CC5CC6(C5)CC(C(=O)O)C6)c43)cc2)ccn1. The van der Waals surface area contributed by atoms with Gasteiger partial charge in [0.15, 0.2) is 5.78 Å². The molecule has 2 aliphatic carbocycles. The van der Waals surface area contributed by atoms with Gasteiger partial charge in [-0.1, -0.05) is 36.4 Å². The monoisotopic (exact) mass is 523 g/mol. The minimum atomic E-state index is -0.683. The number of pyridine rings is 1. The summed E-state index contributed by atoms with van der Waals surface area (Å²) in [5.41, 5.74) is 4.98. The molecule has 7 heteroatoms. The van der Waals surface area contributed by atoms with Crippen molar-refractivity contribution in [2.45, 2.75) is 52.0 Å². The van der Waals surface area contributed by atoms with Gasteiger partial charge in [-0.25, -0.2) is 4.98 Å². The Kier molecular flexibility index (Phi) is 6.45. The van der Waals surface area contributed by atoms with Gasteiger partial charge in [0.25, 0.3) is 0 Å². The second kappa shape index (κ2) is 9.95. The molecule has 2 aliphatic rings. The highest BCUT2D eigenvalue weighted by molar-refractivity contribution is 6.07. The number of aromatic nitrogens is 3. The van der Waals surface area contributed by atoms with Gasteiger partial charge in [-0.2, -0.15) is 5.10 Å². The average Bonchev–Trinajstić information content (AvgIpc) is 3.33. The predicted octanol–water partition coefficient (Wildman–Crippen LogP) is 6.57. The third-order valence-electron chi connectivity index (χ3n) is 8.66. The number of para-hydroxylation sites is 1. The fourth-order valence-electron chi connectivity index (χ4n) is 6.71. The summed E-state index contributed by atoms with van der Waals surface area (Å²) < 4.78 is 7.51. The maximum Gasteiger partial charge on any atom is 0.306 e. The van der Waals surface area contributed by atoms with Gasteiger partial charge in [0.1, 0.15) is 0 Å². The van der Waals surface area contributed by atoms with E-state index in [1.54, 1.807) is 6.20 Å². The van der Waals surface area contributed by atoms with Crippen molar-refractivity contribution < 1.29 is 19.4 Å². The zero-order valence-corrected chi connectivity index (χ0v) is 22.3. The molecule has 1 unspecified atom stereocenters. The Bertz CT molecular complexity index is 1530. The third-order valence-corrected chi connectivity index (χ3v) is 8.66. The predicted molar refractivity (Wildman–Crippen MR) is 149 cm³/mol. The molecule has 2 aromatic heterocycles. The Labute approximate surface area is 227 Å². The number of carbonyl (C=O) groups is 2. The second-order valence-corrected chi connectivity index (χ2v) is 11.3. The molecule has 2 fully saturated rings. The van der Waals surface area contributed by atoms with Crippen LogP contribution in [0.3, 0.4) is 0 Å². The van der Waals surface area contributed by atoms with E-state index in [-0.39, 0.29) is 23.2 Å². The first-order valence-corrected chi connectivity index (χ1v) is 13.8. The number of nitrogens with zero attached hydrogens (tertiary/aromatic N) is 3. The summed E-state index contributed by atoms with van der Waals surface area (Å²) in [4.78, 5) is 28.9. The van der Waals surface area contributed by atoms with E-state index in [1.165, 1.54) is 0 Å². The molecule has 6 rings (SSSR count). The van der Waals surface area contributed by atoms with Crippen LogP contribution in [0.15, 0.2) is 67.0 Å². The number of ketones is 1. The fourth-order valence-corrected chi connectivity index (χ4v) is 6.71. The number of aliphatic carboxylic acids is 1. The molecule has 0 amide bonds. The van der Waals surface area contributed by atoms with Crippen LogP contribution in [0.2, 0.25) is 0 Å². The summed E-state index contributed by atoms with van der Waals surface area (Å²) in [6.07, 6.45) is 7.55. The first-order valence-electron chi connectivity index (χ1n) is 13.8. The molecule has 1 spiro atoms. The molecule has 1 atom stereocenters. The van der Waals surface area contributed by atoms with Crippen molar-refractivity contribution in [3.8, 4) is 17.0 Å². The highest BCUT2D eigenvalue weighted by atomic mass is 16.5.